The first-order valence-electron chi connectivity index (χ1n) is 6.21. The summed E-state index contributed by atoms with van der Waals surface area (Å²) in [6, 6.07) is 5.76. The van der Waals surface area contributed by atoms with Gasteiger partial charge in [-0.25, -0.2) is 0 Å². The summed E-state index contributed by atoms with van der Waals surface area (Å²) in [7, 11) is 1.38. The Morgan fingerprint density at radius 2 is 2.33 bits per heavy atom. The number of aryl methyl sites for hydroxylation is 1. The Balaban J connectivity index is 1.82. The second-order valence-electron chi connectivity index (χ2n) is 4.44. The predicted octanol–water partition coefficient (Wildman–Crippen LogP) is 2.00. The van der Waals surface area contributed by atoms with Gasteiger partial charge in [0.2, 0.25) is 0 Å². The Kier molecular flexibility index (Phi) is 4.20. The highest BCUT2D eigenvalue weighted by molar-refractivity contribution is 5.69. The Morgan fingerprint density at radius 1 is 1.50 bits per heavy atom. The summed E-state index contributed by atoms with van der Waals surface area (Å²) in [6.07, 6.45) is 2.39. The van der Waals surface area contributed by atoms with Crippen LogP contribution < -0.4 is 4.74 Å². The van der Waals surface area contributed by atoms with Gasteiger partial charge in [-0.05, 0) is 42.5 Å². The Morgan fingerprint density at radius 3 is 3.11 bits per heavy atom. The summed E-state index contributed by atoms with van der Waals surface area (Å²) in [5.74, 6) is 0.586. The average Bonchev–Trinajstić information content (AvgIpc) is 2.76. The molecule has 1 aromatic rings. The van der Waals surface area contributed by atoms with E-state index < -0.39 is 0 Å². The molecule has 2 rings (SSSR count). The molecule has 0 radical (unpaired) electrons. The van der Waals surface area contributed by atoms with Gasteiger partial charge in [0.25, 0.3) is 0 Å². The largest absolute Gasteiger partial charge is 0.494 e. The number of aliphatic hydroxyl groups is 1. The Bertz CT molecular complexity index is 428. The number of aliphatic hydroxyl groups excluding tert-OH is 1. The van der Waals surface area contributed by atoms with Crippen LogP contribution in [0.5, 0.6) is 5.75 Å². The standard InChI is InChI=1S/C14H18O4/c1-17-14(16)3-2-8-18-11-5-6-12-10(9-11)4-7-13(12)15/h5-6,9,13,15H,2-4,7-8H2,1H3/t13-/m0/s1. The third-order valence-corrected chi connectivity index (χ3v) is 3.18. The van der Waals surface area contributed by atoms with E-state index in [1.807, 2.05) is 18.2 Å². The number of benzene rings is 1. The summed E-state index contributed by atoms with van der Waals surface area (Å²) in [5.41, 5.74) is 2.17. The van der Waals surface area contributed by atoms with Crippen LogP contribution in [0.1, 0.15) is 36.5 Å². The summed E-state index contributed by atoms with van der Waals surface area (Å²) >= 11 is 0. The van der Waals surface area contributed by atoms with Crippen LogP contribution in [0.15, 0.2) is 18.2 Å². The molecule has 98 valence electrons. The normalized spacial score (nSPS) is 17.3. The summed E-state index contributed by atoms with van der Waals surface area (Å²) in [5, 5.41) is 9.68. The summed E-state index contributed by atoms with van der Waals surface area (Å²) < 4.78 is 10.1. The van der Waals surface area contributed by atoms with Crippen molar-refractivity contribution in [2.75, 3.05) is 13.7 Å². The monoisotopic (exact) mass is 250 g/mol. The molecule has 0 spiro atoms. The molecule has 0 saturated heterocycles. The van der Waals surface area contributed by atoms with E-state index >= 15 is 0 Å². The van der Waals surface area contributed by atoms with Crippen LogP contribution in [0.25, 0.3) is 0 Å². The van der Waals surface area contributed by atoms with E-state index in [2.05, 4.69) is 4.74 Å². The van der Waals surface area contributed by atoms with Crippen LogP contribution in [-0.2, 0) is 16.0 Å². The van der Waals surface area contributed by atoms with Gasteiger partial charge in [0.15, 0.2) is 0 Å². The van der Waals surface area contributed by atoms with E-state index in [4.69, 9.17) is 4.74 Å². The summed E-state index contributed by atoms with van der Waals surface area (Å²) in [6.45, 7) is 0.496. The zero-order valence-corrected chi connectivity index (χ0v) is 10.5. The van der Waals surface area contributed by atoms with E-state index in [0.717, 1.165) is 29.7 Å². The second-order valence-corrected chi connectivity index (χ2v) is 4.44. The van der Waals surface area contributed by atoms with Gasteiger partial charge in [-0.15, -0.1) is 0 Å². The number of hydrogen-bond donors (Lipinski definition) is 1. The minimum atomic E-state index is -0.326. The molecule has 1 aliphatic carbocycles. The van der Waals surface area contributed by atoms with E-state index in [0.29, 0.717) is 19.4 Å². The van der Waals surface area contributed by atoms with Gasteiger partial charge >= 0.3 is 5.97 Å². The lowest BCUT2D eigenvalue weighted by Gasteiger charge is -2.08. The number of carbonyl (C=O) groups excluding carboxylic acids is 1. The van der Waals surface area contributed by atoms with Crippen LogP contribution in [-0.4, -0.2) is 24.8 Å². The SMILES string of the molecule is COC(=O)CCCOc1ccc2c(c1)CC[C@@H]2O. The first-order valence-corrected chi connectivity index (χ1v) is 6.21. The van der Waals surface area contributed by atoms with Crippen molar-refractivity contribution >= 4 is 5.97 Å². The molecule has 0 heterocycles. The topological polar surface area (TPSA) is 55.8 Å². The smallest absolute Gasteiger partial charge is 0.305 e. The maximum atomic E-state index is 10.9. The molecule has 0 bridgehead atoms. The molecular formula is C14H18O4. The van der Waals surface area contributed by atoms with Crippen molar-refractivity contribution in [3.8, 4) is 5.75 Å². The molecule has 1 atom stereocenters. The predicted molar refractivity (Wildman–Crippen MR) is 66.5 cm³/mol. The lowest BCUT2D eigenvalue weighted by molar-refractivity contribution is -0.140. The molecule has 4 nitrogen and oxygen atoms in total. The van der Waals surface area contributed by atoms with Crippen molar-refractivity contribution in [3.63, 3.8) is 0 Å². The van der Waals surface area contributed by atoms with Crippen LogP contribution in [0, 0.1) is 0 Å². The van der Waals surface area contributed by atoms with Crippen molar-refractivity contribution < 1.29 is 19.4 Å². The zero-order valence-electron chi connectivity index (χ0n) is 10.5. The number of esters is 1. The van der Waals surface area contributed by atoms with Crippen LogP contribution in [0.4, 0.5) is 0 Å². The molecule has 0 unspecified atom stereocenters. The van der Waals surface area contributed by atoms with Crippen molar-refractivity contribution in [2.24, 2.45) is 0 Å². The number of hydrogen-bond acceptors (Lipinski definition) is 4. The highest BCUT2D eigenvalue weighted by atomic mass is 16.5. The number of fused-ring (bicyclic) bond motifs is 1. The summed E-state index contributed by atoms with van der Waals surface area (Å²) in [4.78, 5) is 10.9. The average molecular weight is 250 g/mol. The molecule has 1 aromatic carbocycles. The fourth-order valence-electron chi connectivity index (χ4n) is 2.17. The highest BCUT2D eigenvalue weighted by Gasteiger charge is 2.20. The maximum Gasteiger partial charge on any atom is 0.305 e. The third-order valence-electron chi connectivity index (χ3n) is 3.18. The molecular weight excluding hydrogens is 232 g/mol. The van der Waals surface area contributed by atoms with Crippen molar-refractivity contribution in [2.45, 2.75) is 31.8 Å². The van der Waals surface area contributed by atoms with Crippen LogP contribution in [0.2, 0.25) is 0 Å². The highest BCUT2D eigenvalue weighted by Crippen LogP contribution is 2.33. The third kappa shape index (κ3) is 3.01. The molecule has 1 N–H and O–H groups in total. The lowest BCUT2D eigenvalue weighted by atomic mass is 10.1. The van der Waals surface area contributed by atoms with Gasteiger partial charge in [0, 0.05) is 6.42 Å². The number of methoxy groups -OCH3 is 1. The van der Waals surface area contributed by atoms with Crippen LogP contribution in [0.3, 0.4) is 0 Å². The Labute approximate surface area is 107 Å². The zero-order chi connectivity index (χ0) is 13.0. The van der Waals surface area contributed by atoms with Gasteiger partial charge < -0.3 is 14.6 Å². The number of rotatable bonds is 5. The number of carbonyl (C=O) groups is 1. The fourth-order valence-corrected chi connectivity index (χ4v) is 2.17. The molecule has 0 saturated carbocycles. The minimum absolute atomic E-state index is 0.212. The lowest BCUT2D eigenvalue weighted by Crippen LogP contribution is -2.04. The van der Waals surface area contributed by atoms with E-state index in [9.17, 15) is 9.90 Å². The van der Waals surface area contributed by atoms with E-state index in [-0.39, 0.29) is 12.1 Å². The van der Waals surface area contributed by atoms with Crippen molar-refractivity contribution in [1.29, 1.82) is 0 Å². The van der Waals surface area contributed by atoms with Gasteiger partial charge in [-0.2, -0.15) is 0 Å². The van der Waals surface area contributed by atoms with E-state index in [1.165, 1.54) is 7.11 Å². The van der Waals surface area contributed by atoms with Gasteiger partial charge in [-0.1, -0.05) is 6.07 Å². The van der Waals surface area contributed by atoms with E-state index in [1.54, 1.807) is 0 Å². The van der Waals surface area contributed by atoms with Gasteiger partial charge in [0.05, 0.1) is 19.8 Å². The molecule has 18 heavy (non-hydrogen) atoms. The number of ether oxygens (including phenoxy) is 2. The molecule has 0 amide bonds. The molecule has 1 aliphatic rings. The van der Waals surface area contributed by atoms with Crippen molar-refractivity contribution in [1.82, 2.24) is 0 Å². The quantitative estimate of drug-likeness (QED) is 0.641. The maximum absolute atomic E-state index is 10.9. The minimum Gasteiger partial charge on any atom is -0.494 e. The first kappa shape index (κ1) is 12.9. The fraction of sp³-hybridized carbons (Fsp3) is 0.500. The molecule has 0 fully saturated rings. The molecule has 0 aromatic heterocycles. The van der Waals surface area contributed by atoms with Gasteiger partial charge in [0.1, 0.15) is 5.75 Å². The molecule has 0 aliphatic heterocycles. The second kappa shape index (κ2) is 5.87. The Hall–Kier alpha value is -1.55. The van der Waals surface area contributed by atoms with Crippen molar-refractivity contribution in [3.05, 3.63) is 29.3 Å². The van der Waals surface area contributed by atoms with Gasteiger partial charge in [-0.3, -0.25) is 4.79 Å². The molecule has 4 heteroatoms. The van der Waals surface area contributed by atoms with Crippen LogP contribution >= 0.6 is 0 Å². The first-order chi connectivity index (χ1) is 8.70.